The SMILES string of the molecule is Cc1ccccc1COc1ccc(C(O)=C2C(=O)C(=O)N(c3nnc(SCc4ccc(Cl)cc4)s3)C2c2ccc(N(C)C)cc2)cc1. The van der Waals surface area contributed by atoms with Gasteiger partial charge >= 0.3 is 5.91 Å². The Labute approximate surface area is 286 Å². The van der Waals surface area contributed by atoms with Gasteiger partial charge in [-0.15, -0.1) is 10.2 Å². The molecule has 47 heavy (non-hydrogen) atoms. The molecule has 0 bridgehead atoms. The molecule has 0 aliphatic carbocycles. The van der Waals surface area contributed by atoms with E-state index in [1.165, 1.54) is 28.0 Å². The number of Topliss-reactive ketones (excluding diaryl/α,β-unsaturated/α-hetero) is 1. The highest BCUT2D eigenvalue weighted by Crippen LogP contribution is 2.44. The molecule has 1 fully saturated rings. The second kappa shape index (κ2) is 14.0. The Morgan fingerprint density at radius 1 is 0.957 bits per heavy atom. The minimum Gasteiger partial charge on any atom is -0.507 e. The number of anilines is 2. The van der Waals surface area contributed by atoms with Crippen LogP contribution in [0.2, 0.25) is 5.02 Å². The summed E-state index contributed by atoms with van der Waals surface area (Å²) in [5, 5.41) is 21.1. The molecule has 2 heterocycles. The summed E-state index contributed by atoms with van der Waals surface area (Å²) in [6, 6.07) is 29.0. The fourth-order valence-electron chi connectivity index (χ4n) is 5.18. The maximum Gasteiger partial charge on any atom is 0.301 e. The smallest absolute Gasteiger partial charge is 0.301 e. The van der Waals surface area contributed by atoms with Crippen LogP contribution in [-0.4, -0.2) is 41.1 Å². The summed E-state index contributed by atoms with van der Waals surface area (Å²) in [6.07, 6.45) is 0. The molecule has 1 saturated heterocycles. The third-order valence-corrected chi connectivity index (χ3v) is 10.2. The summed E-state index contributed by atoms with van der Waals surface area (Å²) < 4.78 is 6.61. The lowest BCUT2D eigenvalue weighted by Gasteiger charge is -2.23. The number of carbonyl (C=O) groups is 2. The number of hydrogen-bond acceptors (Lipinski definition) is 9. The largest absolute Gasteiger partial charge is 0.507 e. The van der Waals surface area contributed by atoms with E-state index in [1.807, 2.05) is 98.7 Å². The van der Waals surface area contributed by atoms with Gasteiger partial charge in [0, 0.05) is 36.1 Å². The molecule has 8 nitrogen and oxygen atoms in total. The lowest BCUT2D eigenvalue weighted by molar-refractivity contribution is -0.132. The Hall–Kier alpha value is -4.64. The standard InChI is InChI=1S/C36H31ClN4O4S2/c1-22-6-4-5-7-26(22)20-45-29-18-12-25(13-19-29)32(42)30-31(24-10-16-28(17-11-24)40(2)3)41(34(44)33(30)43)35-38-39-36(47-35)46-21-23-8-14-27(37)15-9-23/h4-19,31,42H,20-21H2,1-3H3. The maximum absolute atomic E-state index is 13.7. The molecule has 0 saturated carbocycles. The van der Waals surface area contributed by atoms with Gasteiger partial charge in [-0.1, -0.05) is 83.2 Å². The van der Waals surface area contributed by atoms with Gasteiger partial charge in [-0.3, -0.25) is 14.5 Å². The molecule has 1 amide bonds. The first kappa shape index (κ1) is 32.3. The van der Waals surface area contributed by atoms with E-state index in [9.17, 15) is 14.7 Å². The number of rotatable bonds is 10. The molecule has 6 rings (SSSR count). The van der Waals surface area contributed by atoms with Gasteiger partial charge in [-0.25, -0.2) is 0 Å². The summed E-state index contributed by atoms with van der Waals surface area (Å²) in [6.45, 7) is 2.43. The van der Waals surface area contributed by atoms with Crippen molar-refractivity contribution in [1.82, 2.24) is 10.2 Å². The second-order valence-corrected chi connectivity index (χ2v) is 13.8. The van der Waals surface area contributed by atoms with E-state index in [-0.39, 0.29) is 16.5 Å². The number of aromatic nitrogens is 2. The number of ketones is 1. The lowest BCUT2D eigenvalue weighted by atomic mass is 9.95. The van der Waals surface area contributed by atoms with Crippen molar-refractivity contribution in [3.8, 4) is 5.75 Å². The van der Waals surface area contributed by atoms with E-state index in [0.717, 1.165) is 22.4 Å². The highest BCUT2D eigenvalue weighted by Gasteiger charge is 2.48. The number of ether oxygens (including phenoxy) is 1. The summed E-state index contributed by atoms with van der Waals surface area (Å²) in [4.78, 5) is 30.6. The average Bonchev–Trinajstić information content (AvgIpc) is 3.65. The molecule has 1 aliphatic heterocycles. The maximum atomic E-state index is 13.7. The average molecular weight is 683 g/mol. The molecule has 5 aromatic rings. The van der Waals surface area contributed by atoms with Crippen LogP contribution in [0.15, 0.2) is 107 Å². The lowest BCUT2D eigenvalue weighted by Crippen LogP contribution is -2.29. The molecule has 11 heteroatoms. The summed E-state index contributed by atoms with van der Waals surface area (Å²) in [5.41, 5.74) is 5.23. The Morgan fingerprint density at radius 2 is 1.66 bits per heavy atom. The van der Waals surface area contributed by atoms with Crippen molar-refractivity contribution in [2.24, 2.45) is 0 Å². The molecule has 1 unspecified atom stereocenters. The van der Waals surface area contributed by atoms with Gasteiger partial charge in [0.05, 0.1) is 11.6 Å². The monoisotopic (exact) mass is 682 g/mol. The van der Waals surface area contributed by atoms with Crippen LogP contribution < -0.4 is 14.5 Å². The van der Waals surface area contributed by atoms with Crippen molar-refractivity contribution >= 4 is 63.0 Å². The van der Waals surface area contributed by atoms with Crippen LogP contribution in [0.5, 0.6) is 5.75 Å². The summed E-state index contributed by atoms with van der Waals surface area (Å²) in [5.74, 6) is -0.616. The molecule has 1 aromatic heterocycles. The molecule has 238 valence electrons. The van der Waals surface area contributed by atoms with E-state index in [4.69, 9.17) is 16.3 Å². The van der Waals surface area contributed by atoms with Crippen molar-refractivity contribution in [2.75, 3.05) is 23.9 Å². The zero-order valence-electron chi connectivity index (χ0n) is 25.9. The van der Waals surface area contributed by atoms with E-state index < -0.39 is 17.7 Å². The van der Waals surface area contributed by atoms with E-state index in [2.05, 4.69) is 10.2 Å². The third-order valence-electron chi connectivity index (χ3n) is 7.83. The second-order valence-electron chi connectivity index (χ2n) is 11.2. The van der Waals surface area contributed by atoms with Crippen LogP contribution in [0.4, 0.5) is 10.8 Å². The molecular weight excluding hydrogens is 652 g/mol. The Bertz CT molecular complexity index is 1940. The van der Waals surface area contributed by atoms with Crippen molar-refractivity contribution < 1.29 is 19.4 Å². The zero-order valence-corrected chi connectivity index (χ0v) is 28.3. The molecule has 0 spiro atoms. The molecule has 4 aromatic carbocycles. The predicted octanol–water partition coefficient (Wildman–Crippen LogP) is 8.06. The Morgan fingerprint density at radius 3 is 2.34 bits per heavy atom. The minimum atomic E-state index is -0.912. The third kappa shape index (κ3) is 7.05. The van der Waals surface area contributed by atoms with Crippen LogP contribution in [0, 0.1) is 6.92 Å². The number of aryl methyl sites for hydroxylation is 1. The first-order valence-corrected chi connectivity index (χ1v) is 16.9. The van der Waals surface area contributed by atoms with Crippen LogP contribution in [-0.2, 0) is 21.9 Å². The van der Waals surface area contributed by atoms with Crippen molar-refractivity contribution in [3.63, 3.8) is 0 Å². The number of halogens is 1. The van der Waals surface area contributed by atoms with Gasteiger partial charge in [-0.2, -0.15) is 0 Å². The molecule has 0 radical (unpaired) electrons. The van der Waals surface area contributed by atoms with Crippen LogP contribution in [0.25, 0.3) is 5.76 Å². The minimum absolute atomic E-state index is 0.0215. The normalized spacial score (nSPS) is 15.7. The van der Waals surface area contributed by atoms with E-state index in [1.54, 1.807) is 24.3 Å². The fraction of sp³-hybridized carbons (Fsp3) is 0.167. The first-order valence-electron chi connectivity index (χ1n) is 14.8. The van der Waals surface area contributed by atoms with Crippen molar-refractivity contribution in [2.45, 2.75) is 29.7 Å². The van der Waals surface area contributed by atoms with E-state index >= 15 is 0 Å². The molecule has 1 aliphatic rings. The van der Waals surface area contributed by atoms with Crippen molar-refractivity contribution in [3.05, 3.63) is 135 Å². The zero-order chi connectivity index (χ0) is 33.1. The first-order chi connectivity index (χ1) is 22.7. The van der Waals surface area contributed by atoms with Gasteiger partial charge in [-0.05, 0) is 77.7 Å². The number of aliphatic hydroxyl groups excluding tert-OH is 1. The van der Waals surface area contributed by atoms with Crippen LogP contribution in [0.1, 0.15) is 33.9 Å². The topological polar surface area (TPSA) is 95.9 Å². The Kier molecular flexibility index (Phi) is 9.63. The summed E-state index contributed by atoms with van der Waals surface area (Å²) in [7, 11) is 3.86. The highest BCUT2D eigenvalue weighted by molar-refractivity contribution is 8.00. The van der Waals surface area contributed by atoms with Gasteiger partial charge < -0.3 is 14.7 Å². The van der Waals surface area contributed by atoms with Gasteiger partial charge in [0.25, 0.3) is 5.78 Å². The van der Waals surface area contributed by atoms with Crippen LogP contribution in [0.3, 0.4) is 0 Å². The van der Waals surface area contributed by atoms with Crippen molar-refractivity contribution in [1.29, 1.82) is 0 Å². The predicted molar refractivity (Wildman–Crippen MR) is 188 cm³/mol. The van der Waals surface area contributed by atoms with Crippen LogP contribution >= 0.6 is 34.7 Å². The molecular formula is C36H31ClN4O4S2. The summed E-state index contributed by atoms with van der Waals surface area (Å²) >= 11 is 8.71. The molecule has 1 N–H and O–H groups in total. The quantitative estimate of drug-likeness (QED) is 0.0520. The number of benzene rings is 4. The molecule has 1 atom stereocenters. The number of nitrogens with zero attached hydrogens (tertiary/aromatic N) is 4. The van der Waals surface area contributed by atoms with E-state index in [0.29, 0.717) is 38.6 Å². The van der Waals surface area contributed by atoms with Gasteiger partial charge in [0.1, 0.15) is 18.1 Å². The number of hydrogen-bond donors (Lipinski definition) is 1. The Balaban J connectivity index is 1.31. The highest BCUT2D eigenvalue weighted by atomic mass is 35.5. The number of thioether (sulfide) groups is 1. The number of carbonyl (C=O) groups excluding carboxylic acids is 2. The number of aliphatic hydroxyl groups is 1. The fourth-order valence-corrected chi connectivity index (χ4v) is 7.13. The number of amides is 1. The van der Waals surface area contributed by atoms with Gasteiger partial charge in [0.15, 0.2) is 4.34 Å². The van der Waals surface area contributed by atoms with Gasteiger partial charge in [0.2, 0.25) is 5.13 Å².